The number of methoxy groups -OCH3 is 1. The number of fused-ring (bicyclic) bond motifs is 1. The summed E-state index contributed by atoms with van der Waals surface area (Å²) in [6, 6.07) is 8.01. The normalized spacial score (nSPS) is 19.5. The zero-order valence-electron chi connectivity index (χ0n) is 14.4. The number of hydrogen-bond donors (Lipinski definition) is 2. The van der Waals surface area contributed by atoms with Gasteiger partial charge < -0.3 is 19.9 Å². The molecule has 24 heavy (non-hydrogen) atoms. The summed E-state index contributed by atoms with van der Waals surface area (Å²) in [4.78, 5) is 4.54. The molecule has 0 radical (unpaired) electrons. The molecule has 3 rings (SSSR count). The van der Waals surface area contributed by atoms with Crippen LogP contribution in [-0.2, 0) is 6.54 Å². The highest BCUT2D eigenvalue weighted by Gasteiger charge is 2.30. The predicted molar refractivity (Wildman–Crippen MR) is 92.4 cm³/mol. The van der Waals surface area contributed by atoms with Crippen molar-refractivity contribution in [2.24, 2.45) is 5.92 Å². The smallest absolute Gasteiger partial charge is 0.128 e. The highest BCUT2D eigenvalue weighted by atomic mass is 16.5. The number of benzene rings is 1. The summed E-state index contributed by atoms with van der Waals surface area (Å²) in [5.41, 5.74) is 4.12. The number of para-hydroxylation sites is 1. The second kappa shape index (κ2) is 7.20. The number of aryl methyl sites for hydroxylation is 1. The maximum atomic E-state index is 9.70. The van der Waals surface area contributed by atoms with Crippen molar-refractivity contribution in [3.05, 3.63) is 52.8 Å². The van der Waals surface area contributed by atoms with E-state index in [4.69, 9.17) is 9.47 Å². The number of nitrogens with one attached hydrogen (secondary N) is 1. The van der Waals surface area contributed by atoms with Crippen LogP contribution < -0.4 is 14.8 Å². The molecule has 0 bridgehead atoms. The third kappa shape index (κ3) is 3.09. The van der Waals surface area contributed by atoms with Crippen LogP contribution in [-0.4, -0.2) is 30.4 Å². The summed E-state index contributed by atoms with van der Waals surface area (Å²) in [6.07, 6.45) is 1.84. The Labute approximate surface area is 142 Å². The molecule has 5 nitrogen and oxygen atoms in total. The molecular weight excluding hydrogens is 304 g/mol. The molecule has 0 amide bonds. The first-order valence-corrected chi connectivity index (χ1v) is 8.20. The highest BCUT2D eigenvalue weighted by molar-refractivity contribution is 5.41. The van der Waals surface area contributed by atoms with Gasteiger partial charge in [-0.2, -0.15) is 0 Å². The number of aliphatic hydroxyl groups is 1. The molecular formula is C19H24N2O3. The minimum atomic E-state index is 0.0209. The zero-order chi connectivity index (χ0) is 17.1. The summed E-state index contributed by atoms with van der Waals surface area (Å²) in [5.74, 6) is 1.78. The van der Waals surface area contributed by atoms with Gasteiger partial charge in [-0.05, 0) is 19.9 Å². The number of aliphatic hydroxyl groups excluding tert-OH is 1. The van der Waals surface area contributed by atoms with Crippen molar-refractivity contribution in [1.82, 2.24) is 10.3 Å². The van der Waals surface area contributed by atoms with Gasteiger partial charge in [0.1, 0.15) is 11.5 Å². The Balaban J connectivity index is 1.83. The minimum absolute atomic E-state index is 0.0209. The predicted octanol–water partition coefficient (Wildman–Crippen LogP) is 2.54. The molecule has 1 aromatic heterocycles. The summed E-state index contributed by atoms with van der Waals surface area (Å²) in [7, 11) is 1.68. The van der Waals surface area contributed by atoms with E-state index in [1.165, 1.54) is 0 Å². The van der Waals surface area contributed by atoms with Crippen LogP contribution in [0.4, 0.5) is 0 Å². The Morgan fingerprint density at radius 3 is 2.88 bits per heavy atom. The Kier molecular flexibility index (Phi) is 5.02. The summed E-state index contributed by atoms with van der Waals surface area (Å²) >= 11 is 0. The molecule has 1 aliphatic rings. The van der Waals surface area contributed by atoms with Gasteiger partial charge in [0.2, 0.25) is 0 Å². The van der Waals surface area contributed by atoms with Crippen molar-refractivity contribution in [3.8, 4) is 11.5 Å². The van der Waals surface area contributed by atoms with Crippen molar-refractivity contribution in [1.29, 1.82) is 0 Å². The average molecular weight is 328 g/mol. The molecule has 128 valence electrons. The molecule has 2 atom stereocenters. The van der Waals surface area contributed by atoms with Gasteiger partial charge in [-0.15, -0.1) is 0 Å². The lowest BCUT2D eigenvalue weighted by atomic mass is 9.91. The van der Waals surface area contributed by atoms with Crippen molar-refractivity contribution in [2.45, 2.75) is 26.4 Å². The SMILES string of the molecule is COc1c(C)cnc(CN[C@H]2c3ccccc3OC[C@H]2CO)c1C. The average Bonchev–Trinajstić information content (AvgIpc) is 2.61. The number of nitrogens with zero attached hydrogens (tertiary/aromatic N) is 1. The minimum Gasteiger partial charge on any atom is -0.496 e. The standard InChI is InChI=1S/C19H24N2O3/c1-12-8-20-16(13(2)19(12)23-3)9-21-18-14(10-22)11-24-17-7-5-4-6-15(17)18/h4-8,14,18,21-22H,9-11H2,1-3H3/t14-,18-/m1/s1. The van der Waals surface area contributed by atoms with Crippen LogP contribution in [0.3, 0.4) is 0 Å². The van der Waals surface area contributed by atoms with Gasteiger partial charge in [0.05, 0.1) is 26.0 Å². The lowest BCUT2D eigenvalue weighted by Gasteiger charge is -2.33. The van der Waals surface area contributed by atoms with E-state index in [0.717, 1.165) is 33.9 Å². The van der Waals surface area contributed by atoms with Crippen LogP contribution >= 0.6 is 0 Å². The number of ether oxygens (including phenoxy) is 2. The number of pyridine rings is 1. The monoisotopic (exact) mass is 328 g/mol. The molecule has 2 aromatic rings. The Hall–Kier alpha value is -2.11. The number of hydrogen-bond acceptors (Lipinski definition) is 5. The first-order valence-electron chi connectivity index (χ1n) is 8.20. The fourth-order valence-electron chi connectivity index (χ4n) is 3.31. The summed E-state index contributed by atoms with van der Waals surface area (Å²) in [6.45, 7) is 5.21. The topological polar surface area (TPSA) is 63.6 Å². The molecule has 5 heteroatoms. The lowest BCUT2D eigenvalue weighted by molar-refractivity contribution is 0.110. The Morgan fingerprint density at radius 2 is 2.12 bits per heavy atom. The molecule has 2 N–H and O–H groups in total. The van der Waals surface area contributed by atoms with E-state index in [1.54, 1.807) is 7.11 Å². The maximum Gasteiger partial charge on any atom is 0.128 e. The third-order valence-electron chi connectivity index (χ3n) is 4.65. The first-order chi connectivity index (χ1) is 11.7. The second-order valence-corrected chi connectivity index (χ2v) is 6.20. The number of aromatic nitrogens is 1. The van der Waals surface area contributed by atoms with E-state index >= 15 is 0 Å². The highest BCUT2D eigenvalue weighted by Crippen LogP contribution is 2.35. The van der Waals surface area contributed by atoms with Crippen LogP contribution in [0.25, 0.3) is 0 Å². The van der Waals surface area contributed by atoms with Gasteiger partial charge >= 0.3 is 0 Å². The van der Waals surface area contributed by atoms with Crippen LogP contribution in [0.2, 0.25) is 0 Å². The van der Waals surface area contributed by atoms with Crippen molar-refractivity contribution in [2.75, 3.05) is 20.3 Å². The van der Waals surface area contributed by atoms with Crippen LogP contribution in [0, 0.1) is 19.8 Å². The van der Waals surface area contributed by atoms with Crippen LogP contribution in [0.5, 0.6) is 11.5 Å². The van der Waals surface area contributed by atoms with E-state index < -0.39 is 0 Å². The van der Waals surface area contributed by atoms with Gasteiger partial charge in [0.15, 0.2) is 0 Å². The van der Waals surface area contributed by atoms with E-state index in [2.05, 4.69) is 10.3 Å². The molecule has 0 aliphatic carbocycles. The van der Waals surface area contributed by atoms with Crippen molar-refractivity contribution in [3.63, 3.8) is 0 Å². The second-order valence-electron chi connectivity index (χ2n) is 6.20. The molecule has 0 fully saturated rings. The summed E-state index contributed by atoms with van der Waals surface area (Å²) < 4.78 is 11.2. The van der Waals surface area contributed by atoms with Crippen LogP contribution in [0.1, 0.15) is 28.4 Å². The molecule has 0 unspecified atom stereocenters. The van der Waals surface area contributed by atoms with Gasteiger partial charge in [0.25, 0.3) is 0 Å². The molecule has 0 saturated heterocycles. The lowest BCUT2D eigenvalue weighted by Crippen LogP contribution is -2.37. The molecule has 0 saturated carbocycles. The van der Waals surface area contributed by atoms with E-state index in [1.807, 2.05) is 44.3 Å². The first kappa shape index (κ1) is 16.7. The molecule has 1 aliphatic heterocycles. The maximum absolute atomic E-state index is 9.70. The van der Waals surface area contributed by atoms with Gasteiger partial charge in [-0.1, -0.05) is 18.2 Å². The van der Waals surface area contributed by atoms with Crippen LogP contribution in [0.15, 0.2) is 30.5 Å². The quantitative estimate of drug-likeness (QED) is 0.883. The Morgan fingerprint density at radius 1 is 1.33 bits per heavy atom. The summed E-state index contributed by atoms with van der Waals surface area (Å²) in [5, 5.41) is 13.3. The molecule has 0 spiro atoms. The van der Waals surface area contributed by atoms with Gasteiger partial charge in [-0.3, -0.25) is 4.98 Å². The Bertz CT molecular complexity index is 718. The molecule has 2 heterocycles. The fraction of sp³-hybridized carbons (Fsp3) is 0.421. The molecule has 1 aromatic carbocycles. The zero-order valence-corrected chi connectivity index (χ0v) is 14.4. The third-order valence-corrected chi connectivity index (χ3v) is 4.65. The van der Waals surface area contributed by atoms with E-state index in [9.17, 15) is 5.11 Å². The fourth-order valence-corrected chi connectivity index (χ4v) is 3.31. The number of rotatable bonds is 5. The van der Waals surface area contributed by atoms with Gasteiger partial charge in [-0.25, -0.2) is 0 Å². The van der Waals surface area contributed by atoms with Crippen molar-refractivity contribution < 1.29 is 14.6 Å². The van der Waals surface area contributed by atoms with E-state index in [-0.39, 0.29) is 18.6 Å². The van der Waals surface area contributed by atoms with E-state index in [0.29, 0.717) is 13.2 Å². The van der Waals surface area contributed by atoms with Gasteiger partial charge in [0, 0.05) is 41.4 Å². The largest absolute Gasteiger partial charge is 0.496 e. The van der Waals surface area contributed by atoms with Crippen molar-refractivity contribution >= 4 is 0 Å².